The molecule has 1 aromatic heterocycles. The molecule has 2 nitrogen and oxygen atoms in total. The van der Waals surface area contributed by atoms with Gasteiger partial charge in [-0.1, -0.05) is 85.5 Å². The third kappa shape index (κ3) is 9.47. The first-order chi connectivity index (χ1) is 12.2. The molecule has 0 atom stereocenters. The topological polar surface area (TPSA) is 8.81 Å². The minimum atomic E-state index is 0.611. The molecule has 0 aliphatic heterocycles. The highest BCUT2D eigenvalue weighted by molar-refractivity contribution is 4.89. The van der Waals surface area contributed by atoms with Crippen LogP contribution >= 0.6 is 0 Å². The fourth-order valence-electron chi connectivity index (χ4n) is 3.82. The number of nitrogens with zero attached hydrogens (tertiary/aromatic N) is 2. The summed E-state index contributed by atoms with van der Waals surface area (Å²) in [6.07, 6.45) is 22.7. The second-order valence-corrected chi connectivity index (χ2v) is 8.09. The van der Waals surface area contributed by atoms with Crippen molar-refractivity contribution in [2.24, 2.45) is 0 Å². The minimum Gasteiger partial charge on any atom is -0.234 e. The van der Waals surface area contributed by atoms with Crippen molar-refractivity contribution in [1.29, 1.82) is 0 Å². The third-order valence-electron chi connectivity index (χ3n) is 5.29. The van der Waals surface area contributed by atoms with Crippen molar-refractivity contribution >= 4 is 0 Å². The van der Waals surface area contributed by atoms with Gasteiger partial charge in [-0.2, -0.15) is 0 Å². The Bertz CT molecular complexity index is 420. The zero-order valence-corrected chi connectivity index (χ0v) is 17.7. The predicted octanol–water partition coefficient (Wildman–Crippen LogP) is 7.01. The molecule has 0 saturated carbocycles. The smallest absolute Gasteiger partial charge is 0.234 e. The number of aromatic nitrogens is 2. The Hall–Kier alpha value is -0.790. The highest BCUT2D eigenvalue weighted by Gasteiger charge is 2.19. The third-order valence-corrected chi connectivity index (χ3v) is 5.29. The fourth-order valence-corrected chi connectivity index (χ4v) is 3.82. The molecule has 146 valence electrons. The summed E-state index contributed by atoms with van der Waals surface area (Å²) in [4.78, 5) is 0. The number of rotatable bonds is 16. The summed E-state index contributed by atoms with van der Waals surface area (Å²) in [7, 11) is 0. The van der Waals surface area contributed by atoms with Gasteiger partial charge in [0.25, 0.3) is 5.82 Å². The maximum Gasteiger partial charge on any atom is 0.258 e. The van der Waals surface area contributed by atoms with Gasteiger partial charge in [-0.3, -0.25) is 0 Å². The van der Waals surface area contributed by atoms with E-state index in [1.54, 1.807) is 0 Å². The van der Waals surface area contributed by atoms with Crippen molar-refractivity contribution in [1.82, 2.24) is 4.57 Å². The summed E-state index contributed by atoms with van der Waals surface area (Å²) in [5.41, 5.74) is 0. The molecule has 0 unspecified atom stereocenters. The molecule has 0 aromatic carbocycles. The van der Waals surface area contributed by atoms with E-state index in [9.17, 15) is 0 Å². The molecule has 0 aliphatic rings. The van der Waals surface area contributed by atoms with Crippen LogP contribution in [0, 0.1) is 0 Å². The number of imidazole rings is 1. The van der Waals surface area contributed by atoms with Gasteiger partial charge in [0, 0.05) is 0 Å². The summed E-state index contributed by atoms with van der Waals surface area (Å²) in [6.45, 7) is 11.7. The Morgan fingerprint density at radius 3 is 1.84 bits per heavy atom. The molecule has 0 aliphatic carbocycles. The average Bonchev–Trinajstić information content (AvgIpc) is 3.00. The predicted molar refractivity (Wildman–Crippen MR) is 110 cm³/mol. The van der Waals surface area contributed by atoms with Crippen LogP contribution in [0.15, 0.2) is 12.4 Å². The van der Waals surface area contributed by atoms with Gasteiger partial charge in [-0.25, -0.2) is 9.13 Å². The lowest BCUT2D eigenvalue weighted by atomic mass is 10.1. The van der Waals surface area contributed by atoms with E-state index in [0.29, 0.717) is 5.92 Å². The molecule has 0 amide bonds. The maximum absolute atomic E-state index is 2.52. The van der Waals surface area contributed by atoms with Gasteiger partial charge in [-0.15, -0.1) is 0 Å². The van der Waals surface area contributed by atoms with Gasteiger partial charge < -0.3 is 0 Å². The summed E-state index contributed by atoms with van der Waals surface area (Å²) >= 11 is 0. The zero-order chi connectivity index (χ0) is 18.3. The Kier molecular flexibility index (Phi) is 12.8. The molecule has 0 spiro atoms. The van der Waals surface area contributed by atoms with Crippen LogP contribution in [0.5, 0.6) is 0 Å². The van der Waals surface area contributed by atoms with Gasteiger partial charge in [-0.05, 0) is 25.7 Å². The Morgan fingerprint density at radius 1 is 0.760 bits per heavy atom. The number of unbranched alkanes of at least 4 members (excludes halogenated alkanes) is 11. The summed E-state index contributed by atoms with van der Waals surface area (Å²) in [5.74, 6) is 2.14. The quantitative estimate of drug-likeness (QED) is 0.224. The number of aryl methyl sites for hydroxylation is 2. The highest BCUT2D eigenvalue weighted by Crippen LogP contribution is 2.14. The maximum atomic E-state index is 2.52. The lowest BCUT2D eigenvalue weighted by molar-refractivity contribution is -0.705. The molecule has 0 radical (unpaired) electrons. The van der Waals surface area contributed by atoms with Gasteiger partial charge in [0.15, 0.2) is 0 Å². The Morgan fingerprint density at radius 2 is 1.28 bits per heavy atom. The molecule has 1 rings (SSSR count). The molecule has 0 bridgehead atoms. The fraction of sp³-hybridized carbons (Fsp3) is 0.870. The molecule has 0 fully saturated rings. The van der Waals surface area contributed by atoms with Crippen LogP contribution in [0.4, 0.5) is 0 Å². The van der Waals surface area contributed by atoms with E-state index < -0.39 is 0 Å². The highest BCUT2D eigenvalue weighted by atomic mass is 15.1. The number of hydrogen-bond donors (Lipinski definition) is 0. The van der Waals surface area contributed by atoms with Crippen LogP contribution in [-0.4, -0.2) is 4.57 Å². The second-order valence-electron chi connectivity index (χ2n) is 8.09. The van der Waals surface area contributed by atoms with Crippen molar-refractivity contribution in [2.75, 3.05) is 0 Å². The van der Waals surface area contributed by atoms with Crippen LogP contribution in [0.3, 0.4) is 0 Å². The van der Waals surface area contributed by atoms with E-state index in [0.717, 1.165) is 0 Å². The average molecular weight is 350 g/mol. The monoisotopic (exact) mass is 349 g/mol. The van der Waals surface area contributed by atoms with E-state index in [1.807, 2.05) is 0 Å². The van der Waals surface area contributed by atoms with E-state index in [-0.39, 0.29) is 0 Å². The van der Waals surface area contributed by atoms with Gasteiger partial charge in [0.2, 0.25) is 0 Å². The Balaban J connectivity index is 2.33. The first-order valence-electron chi connectivity index (χ1n) is 11.3. The van der Waals surface area contributed by atoms with Gasteiger partial charge in [0.05, 0.1) is 19.0 Å². The Labute approximate surface area is 158 Å². The van der Waals surface area contributed by atoms with Crippen LogP contribution in [0.1, 0.15) is 123 Å². The minimum absolute atomic E-state index is 0.611. The van der Waals surface area contributed by atoms with Crippen molar-refractivity contribution in [3.05, 3.63) is 18.2 Å². The molecule has 1 heterocycles. The molecule has 2 heteroatoms. The van der Waals surface area contributed by atoms with Gasteiger partial charge in [0.1, 0.15) is 12.4 Å². The zero-order valence-electron chi connectivity index (χ0n) is 17.7. The second kappa shape index (κ2) is 14.4. The summed E-state index contributed by atoms with van der Waals surface area (Å²) < 4.78 is 5.04. The molecule has 0 saturated heterocycles. The van der Waals surface area contributed by atoms with Crippen LogP contribution in [-0.2, 0) is 13.1 Å². The van der Waals surface area contributed by atoms with E-state index >= 15 is 0 Å². The van der Waals surface area contributed by atoms with E-state index in [1.165, 1.54) is 102 Å². The molecule has 1 aromatic rings. The van der Waals surface area contributed by atoms with E-state index in [2.05, 4.69) is 49.2 Å². The number of hydrogen-bond acceptors (Lipinski definition) is 0. The molecular weight excluding hydrogens is 304 g/mol. The van der Waals surface area contributed by atoms with Crippen molar-refractivity contribution in [2.45, 2.75) is 130 Å². The largest absolute Gasteiger partial charge is 0.258 e. The van der Waals surface area contributed by atoms with Crippen molar-refractivity contribution in [3.8, 4) is 0 Å². The summed E-state index contributed by atoms with van der Waals surface area (Å²) in [5, 5.41) is 0. The van der Waals surface area contributed by atoms with Crippen LogP contribution in [0.25, 0.3) is 0 Å². The first kappa shape index (κ1) is 22.3. The SMILES string of the molecule is CCCCCCCCC[n+]1ccn(CCCCCCCC)c1C(C)C. The lowest BCUT2D eigenvalue weighted by Gasteiger charge is -2.08. The first-order valence-corrected chi connectivity index (χ1v) is 11.3. The van der Waals surface area contributed by atoms with Crippen LogP contribution in [0.2, 0.25) is 0 Å². The van der Waals surface area contributed by atoms with Crippen molar-refractivity contribution in [3.63, 3.8) is 0 Å². The standard InChI is InChI=1S/C23H45N2/c1-5-7-9-11-13-15-17-19-25-21-20-24(23(25)22(3)4)18-16-14-12-10-8-6-2/h20-22H,5-19H2,1-4H3/q+1. The molecular formula is C23H45N2+. The van der Waals surface area contributed by atoms with Crippen molar-refractivity contribution < 1.29 is 4.57 Å². The summed E-state index contributed by atoms with van der Waals surface area (Å²) in [6, 6.07) is 0. The van der Waals surface area contributed by atoms with Gasteiger partial charge >= 0.3 is 0 Å². The van der Waals surface area contributed by atoms with E-state index in [4.69, 9.17) is 0 Å². The molecule has 25 heavy (non-hydrogen) atoms. The van der Waals surface area contributed by atoms with Crippen LogP contribution < -0.4 is 4.57 Å². The lowest BCUT2D eigenvalue weighted by Crippen LogP contribution is -2.38. The molecule has 0 N–H and O–H groups in total. The normalized spacial score (nSPS) is 11.6.